The third-order valence-corrected chi connectivity index (χ3v) is 2.53. The van der Waals surface area contributed by atoms with Gasteiger partial charge in [0.1, 0.15) is 5.78 Å². The number of Topliss-reactive ketones (excluding diaryl/α,β-unsaturated/α-hetero) is 1. The smallest absolute Gasteiger partial charge is 0.248 e. The molecule has 1 amide bonds. The van der Waals surface area contributed by atoms with E-state index in [1.54, 1.807) is 0 Å². The number of ketones is 1. The molecule has 1 rings (SSSR count). The van der Waals surface area contributed by atoms with E-state index in [4.69, 9.17) is 4.84 Å². The predicted octanol–water partition coefficient (Wildman–Crippen LogP) is 1.54. The lowest BCUT2D eigenvalue weighted by Crippen LogP contribution is -2.29. The van der Waals surface area contributed by atoms with Crippen molar-refractivity contribution in [1.29, 1.82) is 0 Å². The zero-order valence-electron chi connectivity index (χ0n) is 9.87. The van der Waals surface area contributed by atoms with E-state index in [0.717, 1.165) is 0 Å². The van der Waals surface area contributed by atoms with Gasteiger partial charge in [-0.2, -0.15) is 0 Å². The average molecular weight is 213 g/mol. The Kier molecular flexibility index (Phi) is 3.50. The maximum Gasteiger partial charge on any atom is 0.248 e. The first kappa shape index (κ1) is 12.2. The van der Waals surface area contributed by atoms with E-state index in [2.05, 4.69) is 0 Å². The van der Waals surface area contributed by atoms with Crippen molar-refractivity contribution < 1.29 is 14.4 Å². The number of hydrogen-bond donors (Lipinski definition) is 0. The minimum atomic E-state index is -0.0723. The number of nitrogens with zero attached hydrogens (tertiary/aromatic N) is 1. The van der Waals surface area contributed by atoms with Gasteiger partial charge in [-0.15, -0.1) is 0 Å². The largest absolute Gasteiger partial charge is 0.300 e. The molecule has 0 bridgehead atoms. The summed E-state index contributed by atoms with van der Waals surface area (Å²) in [6, 6.07) is 0. The summed E-state index contributed by atoms with van der Waals surface area (Å²) >= 11 is 0. The molecule has 1 fully saturated rings. The molecule has 1 heterocycles. The second kappa shape index (κ2) is 4.31. The van der Waals surface area contributed by atoms with Crippen LogP contribution in [0, 0.1) is 5.41 Å². The van der Waals surface area contributed by atoms with Crippen LogP contribution in [-0.4, -0.2) is 29.4 Å². The van der Waals surface area contributed by atoms with E-state index in [9.17, 15) is 9.59 Å². The van der Waals surface area contributed by atoms with Crippen molar-refractivity contribution >= 4 is 11.7 Å². The molecule has 0 aromatic heterocycles. The maximum atomic E-state index is 11.5. The van der Waals surface area contributed by atoms with Crippen LogP contribution in [0.15, 0.2) is 0 Å². The molecule has 1 saturated heterocycles. The highest BCUT2D eigenvalue weighted by molar-refractivity contribution is 5.79. The number of hydrogen-bond acceptors (Lipinski definition) is 3. The van der Waals surface area contributed by atoms with E-state index in [1.165, 1.54) is 12.0 Å². The first-order valence-electron chi connectivity index (χ1n) is 5.27. The first-order chi connectivity index (χ1) is 6.80. The van der Waals surface area contributed by atoms with Crippen molar-refractivity contribution in [3.05, 3.63) is 0 Å². The summed E-state index contributed by atoms with van der Waals surface area (Å²) < 4.78 is 0. The number of rotatable bonds is 3. The van der Waals surface area contributed by atoms with Gasteiger partial charge < -0.3 is 0 Å². The number of carbonyl (C=O) groups excluding carboxylic acids is 2. The van der Waals surface area contributed by atoms with Gasteiger partial charge in [-0.1, -0.05) is 20.8 Å². The maximum absolute atomic E-state index is 11.5. The molecule has 1 aliphatic rings. The van der Waals surface area contributed by atoms with Crippen molar-refractivity contribution in [3.63, 3.8) is 0 Å². The third-order valence-electron chi connectivity index (χ3n) is 2.53. The fraction of sp³-hybridized carbons (Fsp3) is 0.818. The molecule has 0 aliphatic carbocycles. The quantitative estimate of drug-likeness (QED) is 0.714. The second-order valence-electron chi connectivity index (χ2n) is 5.11. The highest BCUT2D eigenvalue weighted by Crippen LogP contribution is 2.30. The van der Waals surface area contributed by atoms with Gasteiger partial charge in [0, 0.05) is 6.42 Å². The van der Waals surface area contributed by atoms with Gasteiger partial charge in [0.25, 0.3) is 0 Å². The first-order valence-corrected chi connectivity index (χ1v) is 5.27. The Labute approximate surface area is 90.5 Å². The van der Waals surface area contributed by atoms with Gasteiger partial charge in [0.15, 0.2) is 0 Å². The lowest BCUT2D eigenvalue weighted by molar-refractivity contribution is -0.185. The van der Waals surface area contributed by atoms with Crippen LogP contribution in [0.1, 0.15) is 40.5 Å². The summed E-state index contributed by atoms with van der Waals surface area (Å²) in [5.74, 6) is 0.0572. The molecular formula is C11H19NO3. The molecule has 0 aromatic rings. The van der Waals surface area contributed by atoms with Crippen LogP contribution in [0.5, 0.6) is 0 Å². The van der Waals surface area contributed by atoms with Crippen LogP contribution >= 0.6 is 0 Å². The SMILES string of the molecule is CC(=O)CCN1OC(C(C)(C)C)CC1=O. The van der Waals surface area contributed by atoms with Gasteiger partial charge >= 0.3 is 0 Å². The van der Waals surface area contributed by atoms with Crippen LogP contribution in [0.2, 0.25) is 0 Å². The minimum Gasteiger partial charge on any atom is -0.300 e. The zero-order chi connectivity index (χ0) is 11.6. The fourth-order valence-electron chi connectivity index (χ4n) is 1.41. The Morgan fingerprint density at radius 2 is 2.13 bits per heavy atom. The number of hydroxylamine groups is 2. The van der Waals surface area contributed by atoms with Crippen LogP contribution in [0.3, 0.4) is 0 Å². The molecule has 1 unspecified atom stereocenters. The minimum absolute atomic E-state index is 0.0174. The Balaban J connectivity index is 2.50. The van der Waals surface area contributed by atoms with Crippen molar-refractivity contribution in [1.82, 2.24) is 5.06 Å². The molecule has 1 aliphatic heterocycles. The van der Waals surface area contributed by atoms with Crippen molar-refractivity contribution in [2.75, 3.05) is 6.54 Å². The number of amides is 1. The highest BCUT2D eigenvalue weighted by atomic mass is 16.7. The molecule has 0 saturated carbocycles. The Hall–Kier alpha value is -0.900. The Morgan fingerprint density at radius 1 is 1.53 bits per heavy atom. The molecule has 86 valence electrons. The van der Waals surface area contributed by atoms with E-state index in [1.807, 2.05) is 20.8 Å². The normalized spacial score (nSPS) is 22.3. The van der Waals surface area contributed by atoms with Crippen molar-refractivity contribution in [2.24, 2.45) is 5.41 Å². The van der Waals surface area contributed by atoms with Gasteiger partial charge in [-0.3, -0.25) is 14.4 Å². The monoisotopic (exact) mass is 213 g/mol. The van der Waals surface area contributed by atoms with Crippen LogP contribution in [-0.2, 0) is 14.4 Å². The standard InChI is InChI=1S/C11H19NO3/c1-8(13)5-6-12-10(14)7-9(15-12)11(2,3)4/h9H,5-7H2,1-4H3. The molecule has 4 heteroatoms. The lowest BCUT2D eigenvalue weighted by atomic mass is 9.87. The predicted molar refractivity (Wildman–Crippen MR) is 56.0 cm³/mol. The lowest BCUT2D eigenvalue weighted by Gasteiger charge is -2.25. The zero-order valence-corrected chi connectivity index (χ0v) is 9.87. The third kappa shape index (κ3) is 3.30. The average Bonchev–Trinajstić information content (AvgIpc) is 2.42. The summed E-state index contributed by atoms with van der Waals surface area (Å²) in [4.78, 5) is 27.8. The molecular weight excluding hydrogens is 194 g/mol. The summed E-state index contributed by atoms with van der Waals surface area (Å²) in [5, 5.41) is 1.33. The van der Waals surface area contributed by atoms with Crippen LogP contribution in [0.4, 0.5) is 0 Å². The Bertz CT molecular complexity index is 267. The van der Waals surface area contributed by atoms with Gasteiger partial charge in [-0.25, -0.2) is 5.06 Å². The summed E-state index contributed by atoms with van der Waals surface area (Å²) in [7, 11) is 0. The summed E-state index contributed by atoms with van der Waals surface area (Å²) in [5.41, 5.74) is -0.0410. The van der Waals surface area contributed by atoms with E-state index >= 15 is 0 Å². The molecule has 0 aromatic carbocycles. The van der Waals surface area contributed by atoms with Crippen LogP contribution < -0.4 is 0 Å². The fourth-order valence-corrected chi connectivity index (χ4v) is 1.41. The van der Waals surface area contributed by atoms with Gasteiger partial charge in [0.2, 0.25) is 5.91 Å². The molecule has 15 heavy (non-hydrogen) atoms. The van der Waals surface area contributed by atoms with E-state index in [-0.39, 0.29) is 23.2 Å². The molecule has 4 nitrogen and oxygen atoms in total. The number of carbonyl (C=O) groups is 2. The Morgan fingerprint density at radius 3 is 2.53 bits per heavy atom. The molecule has 0 radical (unpaired) electrons. The van der Waals surface area contributed by atoms with Crippen LogP contribution in [0.25, 0.3) is 0 Å². The van der Waals surface area contributed by atoms with E-state index < -0.39 is 0 Å². The van der Waals surface area contributed by atoms with Crippen molar-refractivity contribution in [2.45, 2.75) is 46.6 Å². The van der Waals surface area contributed by atoms with E-state index in [0.29, 0.717) is 19.4 Å². The topological polar surface area (TPSA) is 46.6 Å². The van der Waals surface area contributed by atoms with Crippen molar-refractivity contribution in [3.8, 4) is 0 Å². The van der Waals surface area contributed by atoms with Gasteiger partial charge in [-0.05, 0) is 12.3 Å². The highest BCUT2D eigenvalue weighted by Gasteiger charge is 2.38. The summed E-state index contributed by atoms with van der Waals surface area (Å²) in [6.07, 6.45) is 0.709. The molecule has 0 N–H and O–H groups in total. The second-order valence-corrected chi connectivity index (χ2v) is 5.11. The molecule has 1 atom stereocenters. The summed E-state index contributed by atoms with van der Waals surface area (Å²) in [6.45, 7) is 8.01. The van der Waals surface area contributed by atoms with Gasteiger partial charge in [0.05, 0.1) is 19.1 Å². The molecule has 0 spiro atoms.